The summed E-state index contributed by atoms with van der Waals surface area (Å²) in [5.41, 5.74) is 3.21. The van der Waals surface area contributed by atoms with Crippen LogP contribution in [0.1, 0.15) is 278 Å². The van der Waals surface area contributed by atoms with Crippen molar-refractivity contribution in [2.45, 2.75) is 273 Å². The average molecular weight is 1120 g/mol. The first-order valence-electron chi connectivity index (χ1n) is 33.3. The minimum Gasteiger partial charge on any atom is -0.489 e. The van der Waals surface area contributed by atoms with E-state index in [1.54, 1.807) is 0 Å². The highest BCUT2D eigenvalue weighted by Crippen LogP contribution is 2.44. The molecule has 0 spiro atoms. The fourth-order valence-corrected chi connectivity index (χ4v) is 9.91. The molecule has 0 fully saturated rings. The van der Waals surface area contributed by atoms with Crippen LogP contribution < -0.4 is 39.1 Å². The summed E-state index contributed by atoms with van der Waals surface area (Å²) in [6.45, 7) is 21.3. The molecule has 81 heavy (non-hydrogen) atoms. The van der Waals surface area contributed by atoms with Gasteiger partial charge in [-0.15, -0.1) is 0 Å². The number of nitrogens with zero attached hydrogens (tertiary/aromatic N) is 3. The van der Waals surface area contributed by atoms with E-state index in [1.807, 2.05) is 48.5 Å². The molecule has 0 saturated carbocycles. The third-order valence-corrected chi connectivity index (χ3v) is 14.9. The average Bonchev–Trinajstić information content (AvgIpc) is 3.49. The zero-order valence-electron chi connectivity index (χ0n) is 52.3. The Balaban J connectivity index is 1.76. The second-order valence-electron chi connectivity index (χ2n) is 22.6. The zero-order chi connectivity index (χ0) is 57.6. The van der Waals surface area contributed by atoms with Gasteiger partial charge in [-0.1, -0.05) is 258 Å². The first-order valence-corrected chi connectivity index (χ1v) is 33.3. The van der Waals surface area contributed by atoms with Crippen molar-refractivity contribution < 1.29 is 28.4 Å². The van der Waals surface area contributed by atoms with E-state index < -0.39 is 0 Å². The first-order chi connectivity index (χ1) is 39.9. The standard InChI is InChI=1S/C70H114N5O6/c1-8-14-20-26-32-38-48-76-62-54-60(55-63(77-49-39-33-27-21-15-9-2)66(62)80-52-42-36-30-24-18-12-5)71-69-73-68(59-46-44-58(7)45-47-59)74-70(75-69)72-61-56-64(78-50-40-34-28-22-16-10-3)67(81-53-43-37-31-25-19-13-6)65(57-61)79-51-41-35-29-23-17-11-4/h44-47,54-57H,7-43,48-53H2,1-6H3,(H2,71,72,73,74,75). The highest BCUT2D eigenvalue weighted by Gasteiger charge is 2.21. The number of anilines is 4. The van der Waals surface area contributed by atoms with Gasteiger partial charge in [0.15, 0.2) is 28.8 Å². The van der Waals surface area contributed by atoms with Crippen LogP contribution in [0.3, 0.4) is 0 Å². The Morgan fingerprint density at radius 3 is 0.827 bits per heavy atom. The maximum atomic E-state index is 6.70. The Bertz CT molecular complexity index is 1970. The van der Waals surface area contributed by atoms with E-state index in [9.17, 15) is 0 Å². The molecular formula is C70H114N5O6. The summed E-state index contributed by atoms with van der Waals surface area (Å²) >= 11 is 0. The van der Waals surface area contributed by atoms with Crippen molar-refractivity contribution in [1.29, 1.82) is 0 Å². The van der Waals surface area contributed by atoms with Gasteiger partial charge >= 0.3 is 0 Å². The molecule has 1 heterocycles. The number of hydrogen-bond donors (Lipinski definition) is 2. The van der Waals surface area contributed by atoms with Crippen molar-refractivity contribution in [1.82, 2.24) is 15.0 Å². The lowest BCUT2D eigenvalue weighted by molar-refractivity contribution is 0.234. The van der Waals surface area contributed by atoms with Crippen molar-refractivity contribution in [2.24, 2.45) is 0 Å². The molecule has 4 aromatic rings. The molecule has 4 rings (SSSR count). The van der Waals surface area contributed by atoms with Crippen LogP contribution in [-0.4, -0.2) is 54.6 Å². The molecule has 0 saturated heterocycles. The van der Waals surface area contributed by atoms with Crippen molar-refractivity contribution >= 4 is 23.3 Å². The molecule has 0 bridgehead atoms. The molecule has 0 amide bonds. The van der Waals surface area contributed by atoms with Crippen LogP contribution in [0.25, 0.3) is 11.4 Å². The second-order valence-corrected chi connectivity index (χ2v) is 22.6. The van der Waals surface area contributed by atoms with E-state index in [-0.39, 0.29) is 0 Å². The predicted octanol–water partition coefficient (Wildman–Crippen LogP) is 21.6. The summed E-state index contributed by atoms with van der Waals surface area (Å²) in [6.07, 6.45) is 42.4. The van der Waals surface area contributed by atoms with Crippen molar-refractivity contribution in [3.05, 3.63) is 61.0 Å². The van der Waals surface area contributed by atoms with E-state index in [0.717, 1.165) is 99.6 Å². The number of rotatable bonds is 53. The van der Waals surface area contributed by atoms with Gasteiger partial charge in [0.05, 0.1) is 39.6 Å². The molecule has 3 aromatic carbocycles. The van der Waals surface area contributed by atoms with Crippen LogP contribution >= 0.6 is 0 Å². The Morgan fingerprint density at radius 1 is 0.309 bits per heavy atom. The van der Waals surface area contributed by atoms with Gasteiger partial charge < -0.3 is 39.1 Å². The van der Waals surface area contributed by atoms with Gasteiger partial charge in [-0.25, -0.2) is 0 Å². The van der Waals surface area contributed by atoms with E-state index in [2.05, 4.69) is 59.1 Å². The monoisotopic (exact) mass is 1120 g/mol. The predicted molar refractivity (Wildman–Crippen MR) is 342 cm³/mol. The number of hydrogen-bond acceptors (Lipinski definition) is 11. The van der Waals surface area contributed by atoms with Gasteiger partial charge in [0.25, 0.3) is 0 Å². The topological polar surface area (TPSA) is 118 Å². The quantitative estimate of drug-likeness (QED) is 0.0412. The minimum absolute atomic E-state index is 0.365. The van der Waals surface area contributed by atoms with Crippen molar-refractivity contribution in [3.63, 3.8) is 0 Å². The summed E-state index contributed by atoms with van der Waals surface area (Å²) in [7, 11) is 0. The largest absolute Gasteiger partial charge is 0.489 e. The van der Waals surface area contributed by atoms with Crippen LogP contribution in [0.5, 0.6) is 34.5 Å². The van der Waals surface area contributed by atoms with E-state index >= 15 is 0 Å². The van der Waals surface area contributed by atoms with Gasteiger partial charge in [-0.05, 0) is 51.0 Å². The fourth-order valence-electron chi connectivity index (χ4n) is 9.91. The SMILES string of the molecule is [CH2]c1ccc(-c2nc(Nc3cc(OCCCCCCCC)c(OCCCCCCCC)c(OCCCCCCCC)c3)nc(Nc3cc(OCCCCCCCC)c(OCCCCCCCC)c(OCCCCCCCC)c3)n2)cc1. The van der Waals surface area contributed by atoms with Crippen molar-refractivity contribution in [2.75, 3.05) is 50.3 Å². The zero-order valence-corrected chi connectivity index (χ0v) is 52.3. The summed E-state index contributed by atoms with van der Waals surface area (Å²) in [6, 6.07) is 16.0. The van der Waals surface area contributed by atoms with Gasteiger partial charge in [-0.2, -0.15) is 15.0 Å². The molecule has 0 aliphatic rings. The molecule has 11 nitrogen and oxygen atoms in total. The fraction of sp³-hybridized carbons (Fsp3) is 0.686. The number of ether oxygens (including phenoxy) is 6. The summed E-state index contributed by atoms with van der Waals surface area (Å²) in [4.78, 5) is 15.2. The highest BCUT2D eigenvalue weighted by atomic mass is 16.5. The van der Waals surface area contributed by atoms with Crippen LogP contribution in [0.15, 0.2) is 48.5 Å². The first kappa shape index (κ1) is 68.6. The van der Waals surface area contributed by atoms with Crippen LogP contribution in [0, 0.1) is 6.92 Å². The third-order valence-electron chi connectivity index (χ3n) is 14.9. The number of nitrogens with one attached hydrogen (secondary N) is 2. The van der Waals surface area contributed by atoms with E-state index in [1.165, 1.54) is 154 Å². The van der Waals surface area contributed by atoms with Gasteiger partial charge in [0.2, 0.25) is 23.4 Å². The highest BCUT2D eigenvalue weighted by molar-refractivity contribution is 5.70. The molecule has 11 heteroatoms. The molecule has 455 valence electrons. The van der Waals surface area contributed by atoms with Crippen LogP contribution in [0.4, 0.5) is 23.3 Å². The van der Waals surface area contributed by atoms with Gasteiger partial charge in [0, 0.05) is 41.2 Å². The number of unbranched alkanes of at least 4 members (excludes halogenated alkanes) is 30. The molecule has 0 atom stereocenters. The minimum atomic E-state index is 0.365. The summed E-state index contributed by atoms with van der Waals surface area (Å²) in [5.74, 6) is 5.23. The summed E-state index contributed by atoms with van der Waals surface area (Å²) in [5, 5.41) is 7.17. The van der Waals surface area contributed by atoms with Gasteiger partial charge in [-0.3, -0.25) is 0 Å². The van der Waals surface area contributed by atoms with Crippen LogP contribution in [-0.2, 0) is 0 Å². The number of benzene rings is 3. The normalized spacial score (nSPS) is 11.2. The van der Waals surface area contributed by atoms with Crippen LogP contribution in [0.2, 0.25) is 0 Å². The maximum Gasteiger partial charge on any atom is 0.232 e. The number of aromatic nitrogens is 3. The second kappa shape index (κ2) is 45.6. The third kappa shape index (κ3) is 30.3. The molecule has 0 aliphatic heterocycles. The smallest absolute Gasteiger partial charge is 0.232 e. The summed E-state index contributed by atoms with van der Waals surface area (Å²) < 4.78 is 40.2. The Morgan fingerprint density at radius 2 is 0.556 bits per heavy atom. The maximum absolute atomic E-state index is 6.70. The Kier molecular flexibility index (Phi) is 38.6. The molecule has 0 unspecified atom stereocenters. The molecule has 0 aliphatic carbocycles. The Labute approximate surface area is 494 Å². The van der Waals surface area contributed by atoms with Gasteiger partial charge in [0.1, 0.15) is 0 Å². The molecule has 1 aromatic heterocycles. The van der Waals surface area contributed by atoms with E-state index in [4.69, 9.17) is 43.4 Å². The Hall–Kier alpha value is -4.93. The molecule has 1 radical (unpaired) electrons. The molecule has 2 N–H and O–H groups in total. The van der Waals surface area contributed by atoms with Crippen molar-refractivity contribution in [3.8, 4) is 45.9 Å². The molecular weight excluding hydrogens is 1010 g/mol. The lowest BCUT2D eigenvalue weighted by atomic mass is 10.1. The van der Waals surface area contributed by atoms with E-state index in [0.29, 0.717) is 91.9 Å². The lowest BCUT2D eigenvalue weighted by Gasteiger charge is -2.20. The lowest BCUT2D eigenvalue weighted by Crippen LogP contribution is -2.09.